The summed E-state index contributed by atoms with van der Waals surface area (Å²) in [5.41, 5.74) is 3.28. The summed E-state index contributed by atoms with van der Waals surface area (Å²) in [6.45, 7) is 1.78. The molecule has 0 unspecified atom stereocenters. The maximum absolute atomic E-state index is 12.6. The zero-order valence-corrected chi connectivity index (χ0v) is 13.5. The van der Waals surface area contributed by atoms with Crippen LogP contribution in [0.25, 0.3) is 16.9 Å². The van der Waals surface area contributed by atoms with Gasteiger partial charge in [-0.25, -0.2) is 14.5 Å². The van der Waals surface area contributed by atoms with Crippen LogP contribution in [0.1, 0.15) is 16.1 Å². The molecule has 0 aliphatic carbocycles. The van der Waals surface area contributed by atoms with Crippen molar-refractivity contribution >= 4 is 28.0 Å². The van der Waals surface area contributed by atoms with Crippen molar-refractivity contribution in [1.82, 2.24) is 24.6 Å². The number of pyridine rings is 1. The van der Waals surface area contributed by atoms with E-state index in [9.17, 15) is 4.79 Å². The Morgan fingerprint density at radius 1 is 1.29 bits per heavy atom. The molecular formula is C16H12N6OS. The van der Waals surface area contributed by atoms with Crippen LogP contribution in [0.3, 0.4) is 0 Å². The summed E-state index contributed by atoms with van der Waals surface area (Å²) in [5, 5.41) is 9.52. The van der Waals surface area contributed by atoms with Gasteiger partial charge in [0, 0.05) is 35.7 Å². The predicted octanol–water partition coefficient (Wildman–Crippen LogP) is 2.81. The Hall–Kier alpha value is -3.13. The highest BCUT2D eigenvalue weighted by molar-refractivity contribution is 7.14. The van der Waals surface area contributed by atoms with Gasteiger partial charge in [-0.3, -0.25) is 15.1 Å². The number of amides is 1. The van der Waals surface area contributed by atoms with E-state index in [0.29, 0.717) is 22.0 Å². The van der Waals surface area contributed by atoms with Crippen molar-refractivity contribution in [2.75, 3.05) is 5.32 Å². The van der Waals surface area contributed by atoms with Crippen LogP contribution >= 0.6 is 11.3 Å². The van der Waals surface area contributed by atoms with Crippen LogP contribution in [0, 0.1) is 6.92 Å². The van der Waals surface area contributed by atoms with Crippen molar-refractivity contribution in [2.45, 2.75) is 6.92 Å². The lowest BCUT2D eigenvalue weighted by molar-refractivity contribution is 0.102. The number of nitrogens with one attached hydrogen (secondary N) is 1. The Bertz CT molecular complexity index is 1020. The van der Waals surface area contributed by atoms with Crippen LogP contribution in [0.2, 0.25) is 0 Å². The molecule has 0 saturated carbocycles. The lowest BCUT2D eigenvalue weighted by Gasteiger charge is -2.00. The lowest BCUT2D eigenvalue weighted by atomic mass is 10.2. The first-order valence-electron chi connectivity index (χ1n) is 7.19. The summed E-state index contributed by atoms with van der Waals surface area (Å²) in [6.07, 6.45) is 6.84. The topological polar surface area (TPSA) is 85.1 Å². The van der Waals surface area contributed by atoms with Gasteiger partial charge in [0.15, 0.2) is 10.8 Å². The number of nitrogens with zero attached hydrogens (tertiary/aromatic N) is 5. The van der Waals surface area contributed by atoms with Crippen LogP contribution in [0.15, 0.2) is 48.4 Å². The summed E-state index contributed by atoms with van der Waals surface area (Å²) >= 11 is 1.36. The molecule has 0 atom stereocenters. The third-order valence-electron chi connectivity index (χ3n) is 3.48. The molecule has 4 heterocycles. The van der Waals surface area contributed by atoms with Crippen LogP contribution in [0.5, 0.6) is 0 Å². The molecule has 7 nitrogen and oxygen atoms in total. The molecule has 0 radical (unpaired) electrons. The second kappa shape index (κ2) is 5.82. The second-order valence-corrected chi connectivity index (χ2v) is 5.94. The molecule has 0 fully saturated rings. The smallest absolute Gasteiger partial charge is 0.263 e. The number of hydrogen-bond donors (Lipinski definition) is 1. The van der Waals surface area contributed by atoms with E-state index in [1.54, 1.807) is 42.3 Å². The number of fused-ring (bicyclic) bond motifs is 1. The Morgan fingerprint density at radius 3 is 3.04 bits per heavy atom. The molecule has 0 aromatic carbocycles. The van der Waals surface area contributed by atoms with E-state index >= 15 is 0 Å². The first kappa shape index (κ1) is 14.5. The summed E-state index contributed by atoms with van der Waals surface area (Å²) in [6, 6.07) is 5.54. The van der Waals surface area contributed by atoms with Gasteiger partial charge in [0.1, 0.15) is 5.56 Å². The van der Waals surface area contributed by atoms with E-state index in [2.05, 4.69) is 25.4 Å². The Labute approximate surface area is 141 Å². The number of anilines is 1. The minimum atomic E-state index is -0.270. The minimum Gasteiger partial charge on any atom is -0.298 e. The van der Waals surface area contributed by atoms with Gasteiger partial charge in [-0.2, -0.15) is 5.10 Å². The maximum atomic E-state index is 12.6. The van der Waals surface area contributed by atoms with Crippen molar-refractivity contribution in [3.05, 3.63) is 59.6 Å². The summed E-state index contributed by atoms with van der Waals surface area (Å²) in [5.74, 6) is -0.270. The van der Waals surface area contributed by atoms with E-state index in [1.807, 2.05) is 17.5 Å². The van der Waals surface area contributed by atoms with Crippen molar-refractivity contribution in [3.8, 4) is 11.3 Å². The quantitative estimate of drug-likeness (QED) is 0.622. The average molecular weight is 336 g/mol. The van der Waals surface area contributed by atoms with Gasteiger partial charge in [0.05, 0.1) is 11.4 Å². The molecular weight excluding hydrogens is 324 g/mol. The number of aryl methyl sites for hydroxylation is 1. The van der Waals surface area contributed by atoms with Gasteiger partial charge in [0.25, 0.3) is 5.91 Å². The van der Waals surface area contributed by atoms with Crippen molar-refractivity contribution in [2.24, 2.45) is 0 Å². The highest BCUT2D eigenvalue weighted by atomic mass is 32.1. The molecule has 118 valence electrons. The monoisotopic (exact) mass is 336 g/mol. The van der Waals surface area contributed by atoms with E-state index in [4.69, 9.17) is 0 Å². The first-order valence-corrected chi connectivity index (χ1v) is 8.07. The lowest BCUT2D eigenvalue weighted by Crippen LogP contribution is -2.13. The van der Waals surface area contributed by atoms with Crippen LogP contribution in [-0.2, 0) is 0 Å². The van der Waals surface area contributed by atoms with Crippen molar-refractivity contribution < 1.29 is 4.79 Å². The normalized spacial score (nSPS) is 10.9. The molecule has 24 heavy (non-hydrogen) atoms. The van der Waals surface area contributed by atoms with Crippen molar-refractivity contribution in [3.63, 3.8) is 0 Å². The predicted molar refractivity (Wildman–Crippen MR) is 91.0 cm³/mol. The number of carbonyl (C=O) groups is 1. The number of aromatic nitrogens is 5. The van der Waals surface area contributed by atoms with Crippen LogP contribution < -0.4 is 5.32 Å². The van der Waals surface area contributed by atoms with Gasteiger partial charge < -0.3 is 0 Å². The molecule has 4 aromatic rings. The zero-order chi connectivity index (χ0) is 16.5. The molecule has 0 aliphatic heterocycles. The SMILES string of the molecule is Cc1nn2cccnc2c1C(=O)Nc1nc(-c2cccnc2)cs1. The molecule has 1 N–H and O–H groups in total. The van der Waals surface area contributed by atoms with Gasteiger partial charge >= 0.3 is 0 Å². The summed E-state index contributed by atoms with van der Waals surface area (Å²) in [7, 11) is 0. The van der Waals surface area contributed by atoms with E-state index in [1.165, 1.54) is 11.3 Å². The molecule has 0 spiro atoms. The van der Waals surface area contributed by atoms with Gasteiger partial charge in [0.2, 0.25) is 0 Å². The molecule has 8 heteroatoms. The Balaban J connectivity index is 1.63. The average Bonchev–Trinajstić information content (AvgIpc) is 3.19. The first-order chi connectivity index (χ1) is 11.7. The van der Waals surface area contributed by atoms with Crippen LogP contribution in [-0.4, -0.2) is 30.5 Å². The second-order valence-electron chi connectivity index (χ2n) is 5.08. The summed E-state index contributed by atoms with van der Waals surface area (Å²) < 4.78 is 1.59. The molecule has 0 bridgehead atoms. The Kier molecular flexibility index (Phi) is 3.51. The molecule has 0 saturated heterocycles. The van der Waals surface area contributed by atoms with E-state index in [0.717, 1.165) is 11.3 Å². The molecule has 4 aromatic heterocycles. The van der Waals surface area contributed by atoms with Crippen LogP contribution in [0.4, 0.5) is 5.13 Å². The number of hydrogen-bond acceptors (Lipinski definition) is 6. The van der Waals surface area contributed by atoms with E-state index in [-0.39, 0.29) is 5.91 Å². The molecule has 1 amide bonds. The molecule has 4 rings (SSSR count). The van der Waals surface area contributed by atoms with Gasteiger partial charge in [-0.1, -0.05) is 0 Å². The summed E-state index contributed by atoms with van der Waals surface area (Å²) in [4.78, 5) is 25.4. The highest BCUT2D eigenvalue weighted by Crippen LogP contribution is 2.25. The third-order valence-corrected chi connectivity index (χ3v) is 4.24. The van der Waals surface area contributed by atoms with E-state index < -0.39 is 0 Å². The standard InChI is InChI=1S/C16H12N6OS/c1-10-13(14-18-6-3-7-22(14)21-10)15(23)20-16-19-12(9-24-16)11-4-2-5-17-8-11/h2-9H,1H3,(H,19,20,23). The Morgan fingerprint density at radius 2 is 2.21 bits per heavy atom. The maximum Gasteiger partial charge on any atom is 0.263 e. The zero-order valence-electron chi connectivity index (χ0n) is 12.7. The fraction of sp³-hybridized carbons (Fsp3) is 0.0625. The fourth-order valence-electron chi connectivity index (χ4n) is 2.40. The molecule has 0 aliphatic rings. The number of thiazole rings is 1. The number of rotatable bonds is 3. The minimum absolute atomic E-state index is 0.270. The third kappa shape index (κ3) is 2.52. The number of carbonyl (C=O) groups excluding carboxylic acids is 1. The highest BCUT2D eigenvalue weighted by Gasteiger charge is 2.19. The fourth-order valence-corrected chi connectivity index (χ4v) is 3.11. The van der Waals surface area contributed by atoms with Crippen molar-refractivity contribution in [1.29, 1.82) is 0 Å². The van der Waals surface area contributed by atoms with Gasteiger partial charge in [-0.15, -0.1) is 11.3 Å². The largest absolute Gasteiger partial charge is 0.298 e. The van der Waals surface area contributed by atoms with Gasteiger partial charge in [-0.05, 0) is 25.1 Å².